The smallest absolute Gasteiger partial charge is 0.410 e. The van der Waals surface area contributed by atoms with Crippen LogP contribution in [0, 0.1) is 0 Å². The Labute approximate surface area is 132 Å². The molecular weight excluding hydrogens is 286 g/mol. The predicted octanol–water partition coefficient (Wildman–Crippen LogP) is 2.85. The second-order valence-corrected chi connectivity index (χ2v) is 6.08. The van der Waals surface area contributed by atoms with E-state index in [4.69, 9.17) is 17.0 Å². The van der Waals surface area contributed by atoms with Gasteiger partial charge in [-0.05, 0) is 45.9 Å². The number of hydrogen-bond donors (Lipinski definition) is 0. The predicted molar refractivity (Wildman–Crippen MR) is 80.4 cm³/mol. The number of benzene rings is 1. The van der Waals surface area contributed by atoms with Gasteiger partial charge in [-0.2, -0.15) is 0 Å². The first-order valence-electron chi connectivity index (χ1n) is 7.92. The molecular formula is C16H21NO5. The molecule has 6 nitrogen and oxygen atoms in total. The highest BCUT2D eigenvalue weighted by Crippen LogP contribution is 2.33. The van der Waals surface area contributed by atoms with E-state index in [9.17, 15) is 9.59 Å². The van der Waals surface area contributed by atoms with Crippen molar-refractivity contribution >= 4 is 11.9 Å². The molecule has 0 spiro atoms. The third-order valence-electron chi connectivity index (χ3n) is 3.17. The van der Waals surface area contributed by atoms with Gasteiger partial charge in [-0.15, -0.1) is 0 Å². The summed E-state index contributed by atoms with van der Waals surface area (Å²) in [7, 11) is 1.49. The Bertz CT molecular complexity index is 669. The SMILES string of the molecule is [2H]C1([2H])Oc2ccc(C(=O)[C@H](C)N(C)C(=O)OC(C)(C)C)cc2O1. The van der Waals surface area contributed by atoms with Crippen LogP contribution in [0.3, 0.4) is 0 Å². The minimum Gasteiger partial charge on any atom is -0.454 e. The summed E-state index contributed by atoms with van der Waals surface area (Å²) in [6, 6.07) is 3.62. The van der Waals surface area contributed by atoms with Gasteiger partial charge in [0.25, 0.3) is 0 Å². The molecule has 1 heterocycles. The first kappa shape index (κ1) is 13.4. The molecule has 1 amide bonds. The number of fused-ring (bicyclic) bond motifs is 1. The normalized spacial score (nSPS) is 18.0. The molecule has 6 heteroatoms. The van der Waals surface area contributed by atoms with Crippen LogP contribution in [0.2, 0.25) is 0 Å². The first-order valence-corrected chi connectivity index (χ1v) is 6.92. The van der Waals surface area contributed by atoms with Crippen LogP contribution in [-0.2, 0) is 4.74 Å². The van der Waals surface area contributed by atoms with Crippen LogP contribution in [-0.4, -0.2) is 42.2 Å². The number of amides is 1. The summed E-state index contributed by atoms with van der Waals surface area (Å²) < 4.78 is 30.0. The Kier molecular flexibility index (Phi) is 3.58. The molecule has 2 rings (SSSR count). The average Bonchev–Trinajstić information content (AvgIpc) is 2.75. The molecule has 0 N–H and O–H groups in total. The van der Waals surface area contributed by atoms with Crippen LogP contribution < -0.4 is 9.47 Å². The van der Waals surface area contributed by atoms with Crippen molar-refractivity contribution < 1.29 is 26.5 Å². The highest BCUT2D eigenvalue weighted by Gasteiger charge is 2.28. The van der Waals surface area contributed by atoms with E-state index in [1.54, 1.807) is 27.7 Å². The van der Waals surface area contributed by atoms with Crippen molar-refractivity contribution in [2.45, 2.75) is 39.3 Å². The van der Waals surface area contributed by atoms with Crippen molar-refractivity contribution in [3.63, 3.8) is 0 Å². The summed E-state index contributed by atoms with van der Waals surface area (Å²) in [5.74, 6) is 0.0601. The number of nitrogens with zero attached hydrogens (tertiary/aromatic N) is 1. The van der Waals surface area contributed by atoms with E-state index >= 15 is 0 Å². The summed E-state index contributed by atoms with van der Waals surface area (Å²) in [6.45, 7) is 4.59. The van der Waals surface area contributed by atoms with Gasteiger partial charge in [-0.1, -0.05) is 0 Å². The molecule has 22 heavy (non-hydrogen) atoms. The monoisotopic (exact) mass is 309 g/mol. The van der Waals surface area contributed by atoms with E-state index in [1.165, 1.54) is 30.1 Å². The molecule has 1 atom stereocenters. The fourth-order valence-electron chi connectivity index (χ4n) is 1.85. The van der Waals surface area contributed by atoms with Crippen LogP contribution in [0.5, 0.6) is 11.5 Å². The molecule has 1 aromatic rings. The molecule has 0 radical (unpaired) electrons. The Morgan fingerprint density at radius 3 is 2.59 bits per heavy atom. The summed E-state index contributed by atoms with van der Waals surface area (Å²) in [5.41, 5.74) is -0.365. The second-order valence-electron chi connectivity index (χ2n) is 6.08. The lowest BCUT2D eigenvalue weighted by atomic mass is 10.0. The van der Waals surface area contributed by atoms with E-state index < -0.39 is 24.5 Å². The topological polar surface area (TPSA) is 65.1 Å². The van der Waals surface area contributed by atoms with Crippen LogP contribution in [0.4, 0.5) is 4.79 Å². The Morgan fingerprint density at radius 1 is 1.32 bits per heavy atom. The lowest BCUT2D eigenvalue weighted by molar-refractivity contribution is 0.0231. The highest BCUT2D eigenvalue weighted by molar-refractivity contribution is 6.01. The summed E-state index contributed by atoms with van der Waals surface area (Å²) in [6.07, 6.45) is -0.597. The number of likely N-dealkylation sites (N-methyl/N-ethyl adjacent to an activating group) is 1. The number of hydrogen-bond acceptors (Lipinski definition) is 5. The van der Waals surface area contributed by atoms with Crippen molar-refractivity contribution in [3.05, 3.63) is 23.8 Å². The molecule has 0 unspecified atom stereocenters. The maximum atomic E-state index is 12.6. The van der Waals surface area contributed by atoms with E-state index in [1.807, 2.05) is 0 Å². The zero-order chi connectivity index (χ0) is 18.3. The maximum absolute atomic E-state index is 12.6. The van der Waals surface area contributed by atoms with Crippen molar-refractivity contribution in [1.29, 1.82) is 0 Å². The van der Waals surface area contributed by atoms with Crippen LogP contribution in [0.15, 0.2) is 18.2 Å². The Hall–Kier alpha value is -2.24. The minimum absolute atomic E-state index is 0.151. The zero-order valence-electron chi connectivity index (χ0n) is 15.3. The van der Waals surface area contributed by atoms with Crippen LogP contribution >= 0.6 is 0 Å². The van der Waals surface area contributed by atoms with Gasteiger partial charge in [-0.25, -0.2) is 4.79 Å². The average molecular weight is 309 g/mol. The summed E-state index contributed by atoms with van der Waals surface area (Å²) >= 11 is 0. The van der Waals surface area contributed by atoms with Crippen LogP contribution in [0.25, 0.3) is 0 Å². The van der Waals surface area contributed by atoms with Crippen molar-refractivity contribution in [1.82, 2.24) is 4.90 Å². The largest absolute Gasteiger partial charge is 0.454 e. The summed E-state index contributed by atoms with van der Waals surface area (Å²) in [5, 5.41) is 0. The van der Waals surface area contributed by atoms with Crippen LogP contribution in [0.1, 0.15) is 40.8 Å². The van der Waals surface area contributed by atoms with Gasteiger partial charge < -0.3 is 19.1 Å². The van der Waals surface area contributed by atoms with Gasteiger partial charge in [0.2, 0.25) is 6.75 Å². The van der Waals surface area contributed by atoms with Crippen molar-refractivity contribution in [2.24, 2.45) is 0 Å². The standard InChI is InChI=1S/C16H21NO5/c1-10(17(5)15(19)22-16(2,3)4)14(18)11-6-7-12-13(8-11)21-9-20-12/h6-8,10H,9H2,1-5H3/t10-/m0/s1/i9D2. The molecule has 120 valence electrons. The van der Waals surface area contributed by atoms with Gasteiger partial charge in [0.15, 0.2) is 17.3 Å². The van der Waals surface area contributed by atoms with Crippen molar-refractivity contribution in [3.8, 4) is 11.5 Å². The molecule has 0 aliphatic carbocycles. The second kappa shape index (κ2) is 5.87. The third-order valence-corrected chi connectivity index (χ3v) is 3.17. The fourth-order valence-corrected chi connectivity index (χ4v) is 1.85. The zero-order valence-corrected chi connectivity index (χ0v) is 13.3. The number of ether oxygens (including phenoxy) is 3. The number of Topliss-reactive ketones (excluding diaryl/α,β-unsaturated/α-hetero) is 1. The molecule has 1 aromatic carbocycles. The molecule has 0 saturated carbocycles. The first-order chi connectivity index (χ1) is 10.9. The van der Waals surface area contributed by atoms with Gasteiger partial charge in [0, 0.05) is 12.6 Å². The molecule has 0 aromatic heterocycles. The molecule has 1 aliphatic rings. The van der Waals surface area contributed by atoms with E-state index in [0.29, 0.717) is 0 Å². The number of ketones is 1. The van der Waals surface area contributed by atoms with E-state index in [-0.39, 0.29) is 22.8 Å². The maximum Gasteiger partial charge on any atom is 0.410 e. The number of carbonyl (C=O) groups is 2. The number of carbonyl (C=O) groups excluding carboxylic acids is 2. The third kappa shape index (κ3) is 3.50. The van der Waals surface area contributed by atoms with Crippen molar-refractivity contribution in [2.75, 3.05) is 13.8 Å². The molecule has 0 bridgehead atoms. The van der Waals surface area contributed by atoms with E-state index in [2.05, 4.69) is 0 Å². The Balaban J connectivity index is 2.13. The summed E-state index contributed by atoms with van der Waals surface area (Å²) in [4.78, 5) is 25.9. The molecule has 0 saturated heterocycles. The van der Waals surface area contributed by atoms with E-state index in [0.717, 1.165) is 0 Å². The van der Waals surface area contributed by atoms with Gasteiger partial charge in [-0.3, -0.25) is 4.79 Å². The Morgan fingerprint density at radius 2 is 1.95 bits per heavy atom. The fraction of sp³-hybridized carbons (Fsp3) is 0.500. The quantitative estimate of drug-likeness (QED) is 0.803. The van der Waals surface area contributed by atoms with Gasteiger partial charge in [0.05, 0.1) is 6.04 Å². The minimum atomic E-state index is -2.25. The highest BCUT2D eigenvalue weighted by atomic mass is 16.7. The molecule has 1 aliphatic heterocycles. The van der Waals surface area contributed by atoms with Gasteiger partial charge in [0.1, 0.15) is 8.34 Å². The lowest BCUT2D eigenvalue weighted by Gasteiger charge is -2.28. The lowest BCUT2D eigenvalue weighted by Crippen LogP contribution is -2.43. The molecule has 0 fully saturated rings. The van der Waals surface area contributed by atoms with Gasteiger partial charge >= 0.3 is 6.09 Å². The number of rotatable bonds is 3.